The molecule has 1 heterocycles. The van der Waals surface area contributed by atoms with E-state index in [9.17, 15) is 0 Å². The zero-order valence-corrected chi connectivity index (χ0v) is 26.4. The molecule has 1 fully saturated rings. The van der Waals surface area contributed by atoms with Crippen LogP contribution in [-0.4, -0.2) is 50.9 Å². The molecule has 1 aliphatic heterocycles. The molecule has 3 aromatic rings. The molecular weight excluding hydrogens is 508 g/mol. The molecule has 0 spiro atoms. The highest BCUT2D eigenvalue weighted by atomic mass is 16.6. The Morgan fingerprint density at radius 3 is 1.59 bits per heavy atom. The molecule has 4 rings (SSSR count). The number of hydrogen-bond donors (Lipinski definition) is 1. The number of benzene rings is 3. The van der Waals surface area contributed by atoms with Crippen molar-refractivity contribution < 1.29 is 19.3 Å². The summed E-state index contributed by atoms with van der Waals surface area (Å²) in [4.78, 5) is 0. The Labute approximate surface area is 250 Å². The van der Waals surface area contributed by atoms with Crippen LogP contribution in [0, 0.1) is 0 Å². The fraction of sp³-hybridized carbons (Fsp3) is 0.514. The molecule has 4 heteroatoms. The van der Waals surface area contributed by atoms with Crippen LogP contribution in [0.2, 0.25) is 0 Å². The number of rotatable bonds is 14. The molecule has 3 aromatic carbocycles. The van der Waals surface area contributed by atoms with Crippen molar-refractivity contribution >= 4 is 0 Å². The van der Waals surface area contributed by atoms with E-state index in [1.165, 1.54) is 23.1 Å². The Morgan fingerprint density at radius 1 is 0.756 bits per heavy atom. The first kappa shape index (κ1) is 34.7. The van der Waals surface area contributed by atoms with Gasteiger partial charge in [-0.2, -0.15) is 0 Å². The van der Waals surface area contributed by atoms with Crippen molar-refractivity contribution in [2.24, 2.45) is 0 Å². The Balaban J connectivity index is 0.000000221. The van der Waals surface area contributed by atoms with E-state index in [0.29, 0.717) is 25.2 Å². The van der Waals surface area contributed by atoms with Gasteiger partial charge in [0.1, 0.15) is 6.10 Å². The minimum atomic E-state index is 0.0520. The molecule has 1 N–H and O–H groups in total. The third-order valence-electron chi connectivity index (χ3n) is 8.27. The summed E-state index contributed by atoms with van der Waals surface area (Å²) in [5.74, 6) is 0.709. The smallest absolute Gasteiger partial charge is 0.104 e. The Morgan fingerprint density at radius 2 is 1.20 bits per heavy atom. The standard InChI is InChI=1S/C14H20O2.C13H20O2.C10H14/c1-3-14(2,11-15-9-13-10-16-13)12-7-5-4-6-8-12;1-3-13(2,11-15-10-9-14)12-7-5-4-6-8-12;1-3-9(2)10-7-5-4-6-8-10/h4-8,13H,3,9-11H2,1-2H3;4-8,14H,3,9-11H2,1-2H3;4-9H,3H2,1-2H3. The summed E-state index contributed by atoms with van der Waals surface area (Å²) in [6.45, 7) is 16.9. The first-order valence-corrected chi connectivity index (χ1v) is 15.4. The van der Waals surface area contributed by atoms with Gasteiger partial charge in [0.05, 0.1) is 39.6 Å². The highest BCUT2D eigenvalue weighted by Gasteiger charge is 2.28. The van der Waals surface area contributed by atoms with Crippen molar-refractivity contribution in [2.45, 2.75) is 83.7 Å². The van der Waals surface area contributed by atoms with E-state index in [0.717, 1.165) is 32.7 Å². The fourth-order valence-electron chi connectivity index (χ4n) is 4.42. The maximum absolute atomic E-state index is 8.68. The van der Waals surface area contributed by atoms with Crippen LogP contribution in [0.5, 0.6) is 0 Å². The summed E-state index contributed by atoms with van der Waals surface area (Å²) in [5, 5.41) is 8.68. The maximum atomic E-state index is 8.68. The van der Waals surface area contributed by atoms with E-state index in [1.807, 2.05) is 6.07 Å². The quantitative estimate of drug-likeness (QED) is 0.158. The highest BCUT2D eigenvalue weighted by molar-refractivity contribution is 5.25. The van der Waals surface area contributed by atoms with Crippen LogP contribution in [0.15, 0.2) is 91.0 Å². The van der Waals surface area contributed by atoms with Crippen molar-refractivity contribution in [3.63, 3.8) is 0 Å². The van der Waals surface area contributed by atoms with Crippen LogP contribution < -0.4 is 0 Å². The van der Waals surface area contributed by atoms with E-state index in [4.69, 9.17) is 19.3 Å². The van der Waals surface area contributed by atoms with Gasteiger partial charge in [-0.1, -0.05) is 133 Å². The third kappa shape index (κ3) is 12.5. The largest absolute Gasteiger partial charge is 0.394 e. The zero-order valence-electron chi connectivity index (χ0n) is 26.4. The SMILES string of the molecule is CCC(C)(COCC1CO1)c1ccccc1.CCC(C)(COCCO)c1ccccc1.CCC(C)c1ccccc1. The van der Waals surface area contributed by atoms with Crippen LogP contribution in [0.25, 0.3) is 0 Å². The van der Waals surface area contributed by atoms with Gasteiger partial charge in [0.15, 0.2) is 0 Å². The fourth-order valence-corrected chi connectivity index (χ4v) is 4.42. The third-order valence-corrected chi connectivity index (χ3v) is 8.27. The van der Waals surface area contributed by atoms with Crippen LogP contribution in [0.1, 0.15) is 83.4 Å². The summed E-state index contributed by atoms with van der Waals surface area (Å²) in [6, 6.07) is 31.6. The lowest BCUT2D eigenvalue weighted by Crippen LogP contribution is -2.28. The molecule has 4 atom stereocenters. The molecule has 0 amide bonds. The van der Waals surface area contributed by atoms with Gasteiger partial charge in [-0.25, -0.2) is 0 Å². The zero-order chi connectivity index (χ0) is 30.0. The van der Waals surface area contributed by atoms with Crippen molar-refractivity contribution in [1.29, 1.82) is 0 Å². The van der Waals surface area contributed by atoms with Crippen LogP contribution >= 0.6 is 0 Å². The number of hydrogen-bond acceptors (Lipinski definition) is 4. The molecule has 1 aliphatic rings. The molecule has 4 unspecified atom stereocenters. The van der Waals surface area contributed by atoms with Gasteiger partial charge in [-0.3, -0.25) is 0 Å². The maximum Gasteiger partial charge on any atom is 0.104 e. The van der Waals surface area contributed by atoms with Crippen molar-refractivity contribution in [3.05, 3.63) is 108 Å². The number of aliphatic hydroxyl groups excluding tert-OH is 1. The van der Waals surface area contributed by atoms with Crippen molar-refractivity contribution in [2.75, 3.05) is 39.6 Å². The number of ether oxygens (including phenoxy) is 3. The summed E-state index contributed by atoms with van der Waals surface area (Å²) < 4.78 is 16.3. The van der Waals surface area contributed by atoms with Gasteiger partial charge in [-0.15, -0.1) is 0 Å². The Bertz CT molecular complexity index is 1040. The molecule has 0 radical (unpaired) electrons. The molecule has 0 saturated carbocycles. The molecule has 226 valence electrons. The average Bonchev–Trinajstić information content (AvgIpc) is 3.87. The molecule has 0 aliphatic carbocycles. The second-order valence-electron chi connectivity index (χ2n) is 11.5. The first-order valence-electron chi connectivity index (χ1n) is 15.4. The van der Waals surface area contributed by atoms with Gasteiger partial charge in [-0.05, 0) is 41.9 Å². The minimum Gasteiger partial charge on any atom is -0.394 e. The van der Waals surface area contributed by atoms with Crippen LogP contribution in [0.3, 0.4) is 0 Å². The van der Waals surface area contributed by atoms with Crippen LogP contribution in [0.4, 0.5) is 0 Å². The topological polar surface area (TPSA) is 51.2 Å². The van der Waals surface area contributed by atoms with Crippen LogP contribution in [-0.2, 0) is 25.0 Å². The lowest BCUT2D eigenvalue weighted by atomic mass is 9.81. The molecule has 41 heavy (non-hydrogen) atoms. The van der Waals surface area contributed by atoms with E-state index in [-0.39, 0.29) is 17.4 Å². The van der Waals surface area contributed by atoms with E-state index in [2.05, 4.69) is 126 Å². The molecule has 0 aromatic heterocycles. The van der Waals surface area contributed by atoms with E-state index in [1.54, 1.807) is 0 Å². The molecule has 0 bridgehead atoms. The average molecular weight is 563 g/mol. The van der Waals surface area contributed by atoms with Gasteiger partial charge >= 0.3 is 0 Å². The number of aliphatic hydroxyl groups is 1. The summed E-state index contributed by atoms with van der Waals surface area (Å²) in [6.07, 6.45) is 3.70. The van der Waals surface area contributed by atoms with Crippen molar-refractivity contribution in [3.8, 4) is 0 Å². The summed E-state index contributed by atoms with van der Waals surface area (Å²) in [7, 11) is 0. The Kier molecular flexibility index (Phi) is 15.9. The lowest BCUT2D eigenvalue weighted by Gasteiger charge is -2.28. The normalized spacial score (nSPS) is 17.5. The summed E-state index contributed by atoms with van der Waals surface area (Å²) in [5.41, 5.74) is 4.27. The minimum absolute atomic E-state index is 0.0520. The molecule has 1 saturated heterocycles. The Hall–Kier alpha value is -2.50. The lowest BCUT2D eigenvalue weighted by molar-refractivity contribution is 0.0583. The van der Waals surface area contributed by atoms with Gasteiger partial charge in [0, 0.05) is 10.8 Å². The monoisotopic (exact) mass is 562 g/mol. The highest BCUT2D eigenvalue weighted by Crippen LogP contribution is 2.29. The van der Waals surface area contributed by atoms with E-state index < -0.39 is 0 Å². The number of epoxide rings is 1. The second kappa shape index (κ2) is 18.8. The predicted octanol–water partition coefficient (Wildman–Crippen LogP) is 8.33. The molecule has 4 nitrogen and oxygen atoms in total. The first-order chi connectivity index (χ1) is 19.8. The summed E-state index contributed by atoms with van der Waals surface area (Å²) >= 11 is 0. The van der Waals surface area contributed by atoms with Gasteiger partial charge in [0.2, 0.25) is 0 Å². The predicted molar refractivity (Wildman–Crippen MR) is 172 cm³/mol. The van der Waals surface area contributed by atoms with Gasteiger partial charge in [0.25, 0.3) is 0 Å². The second-order valence-corrected chi connectivity index (χ2v) is 11.5. The van der Waals surface area contributed by atoms with Gasteiger partial charge < -0.3 is 19.3 Å². The molecular formula is C37H54O4. The van der Waals surface area contributed by atoms with Crippen molar-refractivity contribution in [1.82, 2.24) is 0 Å². The van der Waals surface area contributed by atoms with E-state index >= 15 is 0 Å².